The first-order chi connectivity index (χ1) is 4.79. The zero-order chi connectivity index (χ0) is 7.14. The third kappa shape index (κ3) is 1.08. The fraction of sp³-hybridized carbons (Fsp3) is 1.00. The summed E-state index contributed by atoms with van der Waals surface area (Å²) in [6, 6.07) is 0. The second-order valence-corrected chi connectivity index (χ2v) is 5.68. The molecule has 10 heavy (non-hydrogen) atoms. The molecule has 3 rings (SSSR count). The van der Waals surface area contributed by atoms with Crippen molar-refractivity contribution in [3.63, 3.8) is 0 Å². The van der Waals surface area contributed by atoms with Crippen molar-refractivity contribution in [1.82, 2.24) is 0 Å². The van der Waals surface area contributed by atoms with Crippen molar-refractivity contribution in [2.75, 3.05) is 0 Å². The highest BCUT2D eigenvalue weighted by Crippen LogP contribution is 2.47. The van der Waals surface area contributed by atoms with Crippen LogP contribution < -0.4 is 0 Å². The van der Waals surface area contributed by atoms with Gasteiger partial charge in [0.15, 0.2) is 0 Å². The second-order valence-electron chi connectivity index (χ2n) is 3.56. The van der Waals surface area contributed by atoms with Crippen LogP contribution in [-0.4, -0.2) is 9.65 Å². The quantitative estimate of drug-likeness (QED) is 0.591. The first kappa shape index (κ1) is 7.60. The average molecular weight is 268 g/mol. The van der Waals surface area contributed by atoms with Gasteiger partial charge in [0.2, 0.25) is 0 Å². The van der Waals surface area contributed by atoms with Crippen LogP contribution in [0.4, 0.5) is 0 Å². The van der Waals surface area contributed by atoms with Gasteiger partial charge in [0.1, 0.15) is 0 Å². The smallest absolute Gasteiger partial charge is 0.0302 e. The van der Waals surface area contributed by atoms with Gasteiger partial charge in [-0.2, -0.15) is 0 Å². The molecular weight excluding hydrogens is 256 g/mol. The molecule has 0 spiro atoms. The Balaban J connectivity index is 2.13. The fourth-order valence-corrected chi connectivity index (χ4v) is 4.22. The van der Waals surface area contributed by atoms with Crippen molar-refractivity contribution in [2.24, 2.45) is 11.8 Å². The Labute approximate surface area is 79.0 Å². The molecule has 3 fully saturated rings. The lowest BCUT2D eigenvalue weighted by Crippen LogP contribution is -2.41. The average Bonchev–Trinajstić information content (AvgIpc) is 2.00. The van der Waals surface area contributed by atoms with E-state index in [0.29, 0.717) is 0 Å². The topological polar surface area (TPSA) is 0 Å². The highest BCUT2D eigenvalue weighted by molar-refractivity contribution is 9.12. The molecule has 0 heterocycles. The third-order valence-corrected chi connectivity index (χ3v) is 6.37. The van der Waals surface area contributed by atoms with E-state index in [1.807, 2.05) is 0 Å². The molecular formula is C8H12Br2. The van der Waals surface area contributed by atoms with Crippen molar-refractivity contribution < 1.29 is 0 Å². The van der Waals surface area contributed by atoms with Crippen molar-refractivity contribution in [1.29, 1.82) is 0 Å². The molecule has 2 bridgehead atoms. The van der Waals surface area contributed by atoms with E-state index in [0.717, 1.165) is 21.5 Å². The largest absolute Gasteiger partial charge is 0.0875 e. The standard InChI is InChI=1S/C8H12Br2/c9-7-5-1-2-6(4-3-5)8(7)10/h5-8H,1-4H2. The summed E-state index contributed by atoms with van der Waals surface area (Å²) < 4.78 is 0. The van der Waals surface area contributed by atoms with Crippen LogP contribution in [0.5, 0.6) is 0 Å². The van der Waals surface area contributed by atoms with E-state index < -0.39 is 0 Å². The van der Waals surface area contributed by atoms with E-state index in [1.165, 1.54) is 25.7 Å². The highest BCUT2D eigenvalue weighted by Gasteiger charge is 2.40. The summed E-state index contributed by atoms with van der Waals surface area (Å²) in [5, 5.41) is 0. The van der Waals surface area contributed by atoms with Crippen LogP contribution in [0.25, 0.3) is 0 Å². The summed E-state index contributed by atoms with van der Waals surface area (Å²) in [6.07, 6.45) is 5.84. The minimum absolute atomic E-state index is 0.764. The minimum atomic E-state index is 0.764. The maximum Gasteiger partial charge on any atom is 0.0302 e. The van der Waals surface area contributed by atoms with Gasteiger partial charge in [-0.05, 0) is 37.5 Å². The summed E-state index contributed by atoms with van der Waals surface area (Å²) in [5.74, 6) is 1.93. The predicted molar refractivity (Wildman–Crippen MR) is 50.9 cm³/mol. The Morgan fingerprint density at radius 1 is 0.700 bits per heavy atom. The Bertz CT molecular complexity index is 107. The molecule has 0 aromatic heterocycles. The molecule has 0 nitrogen and oxygen atoms in total. The Kier molecular flexibility index (Phi) is 2.11. The molecule has 0 radical (unpaired) electrons. The van der Waals surface area contributed by atoms with Gasteiger partial charge in [-0.3, -0.25) is 0 Å². The SMILES string of the molecule is BrC1C2CCC(CC2)C1Br. The Hall–Kier alpha value is 0.960. The number of rotatable bonds is 0. The molecule has 3 aliphatic rings. The Morgan fingerprint density at radius 2 is 1.00 bits per heavy atom. The first-order valence-corrected chi connectivity index (χ1v) is 5.90. The molecule has 2 unspecified atom stereocenters. The van der Waals surface area contributed by atoms with E-state index in [1.54, 1.807) is 0 Å². The van der Waals surface area contributed by atoms with E-state index in [2.05, 4.69) is 31.9 Å². The van der Waals surface area contributed by atoms with Gasteiger partial charge in [0.25, 0.3) is 0 Å². The van der Waals surface area contributed by atoms with Crippen LogP contribution in [0.15, 0.2) is 0 Å². The lowest BCUT2D eigenvalue weighted by molar-refractivity contribution is 0.198. The molecule has 0 N–H and O–H groups in total. The van der Waals surface area contributed by atoms with Gasteiger partial charge in [0, 0.05) is 9.65 Å². The predicted octanol–water partition coefficient (Wildman–Crippen LogP) is 3.33. The summed E-state index contributed by atoms with van der Waals surface area (Å²) in [5.41, 5.74) is 0. The molecule has 0 amide bonds. The third-order valence-electron chi connectivity index (χ3n) is 3.02. The molecule has 2 atom stereocenters. The van der Waals surface area contributed by atoms with Crippen LogP contribution in [-0.2, 0) is 0 Å². The maximum absolute atomic E-state index is 3.76. The second kappa shape index (κ2) is 2.78. The van der Waals surface area contributed by atoms with Crippen molar-refractivity contribution in [2.45, 2.75) is 35.3 Å². The van der Waals surface area contributed by atoms with E-state index in [4.69, 9.17) is 0 Å². The van der Waals surface area contributed by atoms with Crippen LogP contribution in [0, 0.1) is 11.8 Å². The number of alkyl halides is 2. The normalized spacial score (nSPS) is 53.4. The zero-order valence-corrected chi connectivity index (χ0v) is 9.07. The fourth-order valence-electron chi connectivity index (χ4n) is 2.30. The maximum atomic E-state index is 3.76. The molecule has 3 saturated carbocycles. The lowest BCUT2D eigenvalue weighted by atomic mass is 9.71. The summed E-state index contributed by atoms with van der Waals surface area (Å²) >= 11 is 7.53. The number of hydrogen-bond acceptors (Lipinski definition) is 0. The summed E-state index contributed by atoms with van der Waals surface area (Å²) in [6.45, 7) is 0. The molecule has 58 valence electrons. The van der Waals surface area contributed by atoms with Gasteiger partial charge in [-0.1, -0.05) is 31.9 Å². The lowest BCUT2D eigenvalue weighted by Gasteiger charge is -2.43. The molecule has 3 aliphatic carbocycles. The first-order valence-electron chi connectivity index (χ1n) is 4.07. The van der Waals surface area contributed by atoms with E-state index in [-0.39, 0.29) is 0 Å². The van der Waals surface area contributed by atoms with Crippen LogP contribution in [0.3, 0.4) is 0 Å². The monoisotopic (exact) mass is 266 g/mol. The highest BCUT2D eigenvalue weighted by atomic mass is 79.9. The minimum Gasteiger partial charge on any atom is -0.0875 e. The van der Waals surface area contributed by atoms with E-state index >= 15 is 0 Å². The molecule has 0 aromatic carbocycles. The van der Waals surface area contributed by atoms with Gasteiger partial charge in [-0.25, -0.2) is 0 Å². The van der Waals surface area contributed by atoms with Crippen molar-refractivity contribution in [3.8, 4) is 0 Å². The number of halogens is 2. The number of hydrogen-bond donors (Lipinski definition) is 0. The van der Waals surface area contributed by atoms with Crippen LogP contribution in [0.1, 0.15) is 25.7 Å². The van der Waals surface area contributed by atoms with Gasteiger partial charge in [0.05, 0.1) is 0 Å². The summed E-state index contributed by atoms with van der Waals surface area (Å²) in [7, 11) is 0. The van der Waals surface area contributed by atoms with Crippen LogP contribution in [0.2, 0.25) is 0 Å². The molecule has 0 aromatic rings. The molecule has 0 saturated heterocycles. The van der Waals surface area contributed by atoms with Gasteiger partial charge < -0.3 is 0 Å². The van der Waals surface area contributed by atoms with Gasteiger partial charge >= 0.3 is 0 Å². The molecule has 0 aliphatic heterocycles. The zero-order valence-electron chi connectivity index (χ0n) is 5.89. The van der Waals surface area contributed by atoms with Crippen LogP contribution >= 0.6 is 31.9 Å². The summed E-state index contributed by atoms with van der Waals surface area (Å²) in [4.78, 5) is 1.53. The van der Waals surface area contributed by atoms with E-state index in [9.17, 15) is 0 Å². The Morgan fingerprint density at radius 3 is 1.20 bits per heavy atom. The van der Waals surface area contributed by atoms with Crippen molar-refractivity contribution in [3.05, 3.63) is 0 Å². The number of fused-ring (bicyclic) bond motifs is 3. The van der Waals surface area contributed by atoms with Crippen molar-refractivity contribution >= 4 is 31.9 Å². The molecule has 2 heteroatoms. The van der Waals surface area contributed by atoms with Gasteiger partial charge in [-0.15, -0.1) is 0 Å².